The Morgan fingerprint density at radius 2 is 0.300 bits per heavy atom. The van der Waals surface area contributed by atoms with Crippen LogP contribution in [0.2, 0.25) is 0 Å². The van der Waals surface area contributed by atoms with E-state index in [1.54, 1.807) is 13.8 Å². The fourth-order valence-corrected chi connectivity index (χ4v) is 0. The van der Waals surface area contributed by atoms with E-state index < -0.39 is 0 Å². The first kappa shape index (κ1) is 480. The minimum Gasteiger partial charge on any atom is 0 e. The van der Waals surface area contributed by atoms with Crippen LogP contribution in [0.25, 0.3) is 0 Å². The molecule has 16 heteroatoms. The summed E-state index contributed by atoms with van der Waals surface area (Å²) < 4.78 is 28.3. The van der Waals surface area contributed by atoms with Crippen LogP contribution >= 0.6 is 0 Å². The molecule has 0 aromatic rings. The van der Waals surface area contributed by atoms with Crippen molar-refractivity contribution in [3.05, 3.63) is 148 Å². The van der Waals surface area contributed by atoms with Crippen LogP contribution < -0.4 is 0 Å². The summed E-state index contributed by atoms with van der Waals surface area (Å²) >= 11 is 2.33. The second-order valence-electron chi connectivity index (χ2n) is 0. The van der Waals surface area contributed by atoms with E-state index in [0.717, 1.165) is 64.8 Å². The van der Waals surface area contributed by atoms with Gasteiger partial charge >= 0.3 is 196 Å². The Labute approximate surface area is 523 Å². The van der Waals surface area contributed by atoms with Crippen molar-refractivity contribution in [2.24, 2.45) is 0 Å². The molecule has 0 aliphatic rings. The van der Waals surface area contributed by atoms with E-state index in [9.17, 15) is 9.07 Å². The van der Waals surface area contributed by atoms with Gasteiger partial charge in [-0.15, -0.1) is 0 Å². The molecular formula is C24H72Au7F3Y6-7. The Balaban J connectivity index is -0.000000000199. The van der Waals surface area contributed by atoms with Gasteiger partial charge in [0.1, 0.15) is 0 Å². The summed E-state index contributed by atoms with van der Waals surface area (Å²) in [5.41, 5.74) is 0. The van der Waals surface area contributed by atoms with Crippen molar-refractivity contribution in [3.8, 4) is 0 Å². The van der Waals surface area contributed by atoms with Crippen LogP contribution in [-0.4, -0.2) is 0 Å². The van der Waals surface area contributed by atoms with Crippen LogP contribution in [0, 0.1) is 148 Å². The molecule has 0 fully saturated rings. The summed E-state index contributed by atoms with van der Waals surface area (Å²) in [6, 6.07) is 0. The topological polar surface area (TPSA) is 0 Å². The van der Waals surface area contributed by atoms with Crippen molar-refractivity contribution < 1.29 is 360 Å². The molecule has 0 nitrogen and oxygen atoms in total. The predicted molar refractivity (Wildman–Crippen MR) is 154 cm³/mol. The van der Waals surface area contributed by atoms with E-state index in [2.05, 4.69) is 13.8 Å². The Hall–Kier alpha value is 11.6. The van der Waals surface area contributed by atoms with Gasteiger partial charge < -0.3 is 148 Å². The van der Waals surface area contributed by atoms with E-state index in [-0.39, 0.29) is 434 Å². The van der Waals surface area contributed by atoms with Crippen LogP contribution in [0.15, 0.2) is 0 Å². The maximum absolute atomic E-state index is 9.44. The predicted octanol–water partition coefficient (Wildman–Crippen LogP) is 12.3. The monoisotopic (exact) mass is 2330 g/mol. The summed E-state index contributed by atoms with van der Waals surface area (Å²) in [6.45, 7) is 10.0. The maximum atomic E-state index is 9.44. The minimum absolute atomic E-state index is 0. The molecule has 0 atom stereocenters. The molecule has 0 saturated heterocycles. The first-order valence-electron chi connectivity index (χ1n) is 1.76. The second kappa shape index (κ2) is 926. The largest absolute Gasteiger partial charge is 3.00 e. The number of halogens is 3. The van der Waals surface area contributed by atoms with Crippen molar-refractivity contribution >= 4 is 0 Å². The average Bonchev–Trinajstić information content (AvgIpc) is 2.20. The molecule has 0 bridgehead atoms. The number of hydrogen-bond acceptors (Lipinski definition) is 0. The Morgan fingerprint density at radius 1 is 0.300 bits per heavy atom. The summed E-state index contributed by atoms with van der Waals surface area (Å²) in [5, 5.41) is 0. The molecule has 0 aliphatic carbocycles. The molecule has 0 heterocycles. The molecular weight excluding hydrogens is 2260 g/mol. The maximum Gasteiger partial charge on any atom is 3.00 e. The fourth-order valence-electron chi connectivity index (χ4n) is 0. The van der Waals surface area contributed by atoms with Crippen LogP contribution in [0.5, 0.6) is 0 Å². The minimum atomic E-state index is 0. The molecule has 0 spiro atoms. The Kier molecular flexibility index (Phi) is 11100. The fraction of sp³-hybridized carbons (Fsp3) is 0.167. The van der Waals surface area contributed by atoms with E-state index in [1.807, 2.05) is 0 Å². The third kappa shape index (κ3) is 871. The zero-order valence-electron chi connectivity index (χ0n) is 28.1. The zero-order chi connectivity index (χ0) is 10.0. The quantitative estimate of drug-likeness (QED) is 0.168. The van der Waals surface area contributed by atoms with Crippen molar-refractivity contribution in [2.75, 3.05) is 0 Å². The van der Waals surface area contributed by atoms with Gasteiger partial charge in [-0.3, -0.25) is 0 Å². The standard InChI is InChI=1S/2C2H5.2CH4.18CH3.7Au.3FH.6Y/c2*1-2;;;;;;;;;;;;;;;;;;;;;;;;;;;;;;;;;;;;/h2*1H2,2H3;2*1H4;18*1H3;;;;;;;;3*1H;;;;;;/q2*-1;;;18*-1;4*+1;3*+3;;;;;;;;;+3/p-3. The number of hydrogen-bond donors (Lipinski definition) is 0. The molecule has 40 heavy (non-hydrogen) atoms. The zero-order valence-corrected chi connectivity index (χ0v) is 60.3. The Morgan fingerprint density at radius 3 is 0.300 bits per heavy atom. The SMILES string of the molecule is C.C.[Au+3].[Au+3].[Au+3].[Au+].[CH2-]C.[CH2-]C.[CH3-].[CH3-].[CH3-].[CH3-].[CH3-].[CH3-].[CH3-].[CH3-].[CH3-].[CH3-].[CH3-].[CH3-].[CH3-].[CH3-].[CH3-].[CH3-].[CH3-].[CH3-].[F][Au].[F][Au].[F][Au].[Y+3].[Y].[Y].[Y].[Y].[Y]. The molecule has 0 aromatic carbocycles. The first-order valence-corrected chi connectivity index (χ1v) is 4.21. The van der Waals surface area contributed by atoms with Crippen molar-refractivity contribution in [1.82, 2.24) is 0 Å². The normalized spacial score (nSPS) is 0.825. The van der Waals surface area contributed by atoms with E-state index in [0.29, 0.717) is 0 Å². The van der Waals surface area contributed by atoms with Crippen LogP contribution in [-0.2, 0) is 351 Å². The third-order valence-corrected chi connectivity index (χ3v) is 0. The molecule has 0 aromatic heterocycles. The van der Waals surface area contributed by atoms with Crippen LogP contribution in [0.3, 0.4) is 0 Å². The van der Waals surface area contributed by atoms with Crippen LogP contribution in [0.4, 0.5) is 9.07 Å². The average molecular weight is 2330 g/mol. The van der Waals surface area contributed by atoms with Gasteiger partial charge in [0.2, 0.25) is 0 Å². The summed E-state index contributed by atoms with van der Waals surface area (Å²) in [5.74, 6) is 0. The summed E-state index contributed by atoms with van der Waals surface area (Å²) in [6.07, 6.45) is 0. The van der Waals surface area contributed by atoms with Crippen LogP contribution in [0.1, 0.15) is 28.7 Å². The van der Waals surface area contributed by atoms with Gasteiger partial charge in [-0.1, -0.05) is 14.9 Å². The molecule has 0 unspecified atom stereocenters. The van der Waals surface area contributed by atoms with Gasteiger partial charge in [0.05, 0.1) is 0 Å². The van der Waals surface area contributed by atoms with Crippen molar-refractivity contribution in [2.45, 2.75) is 28.7 Å². The van der Waals surface area contributed by atoms with E-state index in [1.165, 1.54) is 0 Å². The van der Waals surface area contributed by atoms with Gasteiger partial charge in [-0.25, -0.2) is 0 Å². The molecule has 0 amide bonds. The molecule has 0 aliphatic heterocycles. The first-order chi connectivity index (χ1) is 5.00. The molecule has 0 saturated carbocycles. The van der Waals surface area contributed by atoms with Crippen molar-refractivity contribution in [1.29, 1.82) is 0 Å². The smallest absolute Gasteiger partial charge is 0 e. The molecule has 291 valence electrons. The van der Waals surface area contributed by atoms with Gasteiger partial charge in [0.25, 0.3) is 0 Å². The van der Waals surface area contributed by atoms with Gasteiger partial charge in [0.15, 0.2) is 0 Å². The second-order valence-corrected chi connectivity index (χ2v) is 0. The Bertz CT molecular complexity index is 62.9. The summed E-state index contributed by atoms with van der Waals surface area (Å²) in [4.78, 5) is 0. The van der Waals surface area contributed by atoms with Crippen molar-refractivity contribution in [3.63, 3.8) is 0 Å². The molecule has 5 radical (unpaired) electrons. The molecule has 0 N–H and O–H groups in total. The number of rotatable bonds is 0. The third-order valence-electron chi connectivity index (χ3n) is 0. The van der Waals surface area contributed by atoms with Gasteiger partial charge in [-0.2, -0.15) is 13.8 Å². The van der Waals surface area contributed by atoms with E-state index >= 15 is 0 Å². The van der Waals surface area contributed by atoms with Gasteiger partial charge in [-0.05, 0) is 0 Å². The molecule has 0 rings (SSSR count). The van der Waals surface area contributed by atoms with Gasteiger partial charge in [0, 0.05) is 164 Å². The summed E-state index contributed by atoms with van der Waals surface area (Å²) in [7, 11) is 0. The van der Waals surface area contributed by atoms with E-state index in [4.69, 9.17) is 0 Å².